The number of nitrogens with two attached hydrogens (primary N) is 2. The van der Waals surface area contributed by atoms with Gasteiger partial charge in [-0.1, -0.05) is 60.7 Å². The zero-order valence-electron chi connectivity index (χ0n) is 27.5. The van der Waals surface area contributed by atoms with Crippen molar-refractivity contribution in [1.82, 2.24) is 0 Å². The third-order valence-electron chi connectivity index (χ3n) is 8.89. The molecule has 0 aromatic heterocycles. The summed E-state index contributed by atoms with van der Waals surface area (Å²) in [5.41, 5.74) is 13.0. The summed E-state index contributed by atoms with van der Waals surface area (Å²) in [6.45, 7) is 2.52. The van der Waals surface area contributed by atoms with Crippen LogP contribution in [0.25, 0.3) is 12.2 Å². The van der Waals surface area contributed by atoms with Gasteiger partial charge >= 0.3 is 5.97 Å². The number of carbonyl (C=O) groups excluding carboxylic acids is 3. The zero-order chi connectivity index (χ0) is 36.8. The van der Waals surface area contributed by atoms with E-state index in [1.807, 2.05) is 30.3 Å². The zero-order valence-corrected chi connectivity index (χ0v) is 27.5. The van der Waals surface area contributed by atoms with E-state index < -0.39 is 59.8 Å². The average molecular weight is 697 g/mol. The number of aliphatic hydroxyl groups excluding tert-OH is 2. The molecule has 0 radical (unpaired) electrons. The van der Waals surface area contributed by atoms with E-state index in [2.05, 4.69) is 0 Å². The van der Waals surface area contributed by atoms with Crippen molar-refractivity contribution in [3.05, 3.63) is 123 Å². The number of rotatable bonds is 8. The van der Waals surface area contributed by atoms with Crippen LogP contribution >= 0.6 is 0 Å². The Bertz CT molecular complexity index is 2060. The highest BCUT2D eigenvalue weighted by atomic mass is 16.7. The minimum Gasteiger partial charge on any atom is -0.507 e. The monoisotopic (exact) mass is 696 g/mol. The van der Waals surface area contributed by atoms with Crippen LogP contribution in [0.1, 0.15) is 79.7 Å². The van der Waals surface area contributed by atoms with E-state index in [4.69, 9.17) is 25.7 Å². The Balaban J connectivity index is 1.53. The number of carbonyl (C=O) groups is 3. The molecule has 9 N–H and O–H groups in total. The fraction of sp³-hybridized carbons (Fsp3) is 0.237. The Labute approximate surface area is 291 Å². The molecule has 4 atom stereocenters. The normalized spacial score (nSPS) is 21.0. The molecule has 1 fully saturated rings. The van der Waals surface area contributed by atoms with Crippen LogP contribution in [0.5, 0.6) is 17.2 Å². The first-order valence-electron chi connectivity index (χ1n) is 16.0. The van der Waals surface area contributed by atoms with E-state index in [9.17, 15) is 39.9 Å². The summed E-state index contributed by atoms with van der Waals surface area (Å²) in [4.78, 5) is 40.7. The highest BCUT2D eigenvalue weighted by Gasteiger charge is 2.54. The SMILES string of the molecule is CC(=O)Oc1ccc2c(c1/C=C/c1ccccc1)C(=O)c1cc(O[C@H]3O[C@@H](C)[C@@H](O)C(O)(O)[C@H]3O)c(Cc3cccc(C(N)N)c3)c(O)c1C2=O. The second-order valence-corrected chi connectivity index (χ2v) is 12.5. The van der Waals surface area contributed by atoms with Crippen molar-refractivity contribution in [2.45, 2.75) is 56.8 Å². The Hall–Kier alpha value is -5.25. The van der Waals surface area contributed by atoms with Crippen molar-refractivity contribution < 1.29 is 54.1 Å². The highest BCUT2D eigenvalue weighted by Crippen LogP contribution is 2.44. The number of aromatic hydroxyl groups is 1. The van der Waals surface area contributed by atoms with Crippen molar-refractivity contribution in [2.24, 2.45) is 11.5 Å². The van der Waals surface area contributed by atoms with Crippen LogP contribution in [0.15, 0.2) is 72.8 Å². The van der Waals surface area contributed by atoms with Gasteiger partial charge in [0.25, 0.3) is 0 Å². The van der Waals surface area contributed by atoms with Crippen LogP contribution in [-0.4, -0.2) is 73.5 Å². The first-order chi connectivity index (χ1) is 24.2. The van der Waals surface area contributed by atoms with E-state index in [0.29, 0.717) is 11.1 Å². The van der Waals surface area contributed by atoms with Crippen molar-refractivity contribution >= 4 is 29.7 Å². The molecule has 1 heterocycles. The summed E-state index contributed by atoms with van der Waals surface area (Å²) in [6, 6.07) is 19.8. The number of ether oxygens (including phenoxy) is 3. The van der Waals surface area contributed by atoms with E-state index in [1.54, 1.807) is 36.4 Å². The lowest BCUT2D eigenvalue weighted by Gasteiger charge is -2.44. The van der Waals surface area contributed by atoms with E-state index in [0.717, 1.165) is 5.56 Å². The number of phenols is 1. The molecule has 4 aromatic rings. The summed E-state index contributed by atoms with van der Waals surface area (Å²) >= 11 is 0. The lowest BCUT2D eigenvalue weighted by Crippen LogP contribution is -2.67. The lowest BCUT2D eigenvalue weighted by molar-refractivity contribution is -0.371. The molecule has 13 nitrogen and oxygen atoms in total. The average Bonchev–Trinajstić information content (AvgIpc) is 3.09. The van der Waals surface area contributed by atoms with E-state index >= 15 is 0 Å². The quantitative estimate of drug-likeness (QED) is 0.0535. The largest absolute Gasteiger partial charge is 0.507 e. The summed E-state index contributed by atoms with van der Waals surface area (Å²) in [7, 11) is 0. The molecule has 1 saturated heterocycles. The van der Waals surface area contributed by atoms with Crippen LogP contribution in [-0.2, 0) is 16.0 Å². The lowest BCUT2D eigenvalue weighted by atomic mass is 9.79. The van der Waals surface area contributed by atoms with Gasteiger partial charge in [0.2, 0.25) is 12.1 Å². The number of fused-ring (bicyclic) bond motifs is 2. The molecule has 0 amide bonds. The molecule has 1 aliphatic heterocycles. The molecule has 0 unspecified atom stereocenters. The molecular formula is C38H36N2O11. The molecule has 6 rings (SSSR count). The second-order valence-electron chi connectivity index (χ2n) is 12.5. The van der Waals surface area contributed by atoms with E-state index in [-0.39, 0.29) is 51.3 Å². The molecule has 0 spiro atoms. The maximum Gasteiger partial charge on any atom is 0.308 e. The smallest absolute Gasteiger partial charge is 0.308 e. The van der Waals surface area contributed by atoms with Gasteiger partial charge < -0.3 is 51.2 Å². The van der Waals surface area contributed by atoms with Crippen molar-refractivity contribution in [3.63, 3.8) is 0 Å². The van der Waals surface area contributed by atoms with Crippen LogP contribution in [0.2, 0.25) is 0 Å². The fourth-order valence-electron chi connectivity index (χ4n) is 6.24. The Morgan fingerprint density at radius 2 is 1.61 bits per heavy atom. The number of esters is 1. The minimum absolute atomic E-state index is 0.0156. The molecule has 0 saturated carbocycles. The molecule has 0 bridgehead atoms. The summed E-state index contributed by atoms with van der Waals surface area (Å²) < 4.78 is 17.0. The molecule has 4 aromatic carbocycles. The molecule has 264 valence electrons. The first kappa shape index (κ1) is 35.6. The predicted molar refractivity (Wildman–Crippen MR) is 183 cm³/mol. The Kier molecular flexibility index (Phi) is 9.63. The van der Waals surface area contributed by atoms with Crippen molar-refractivity contribution in [2.75, 3.05) is 0 Å². The molecule has 1 aliphatic carbocycles. The van der Waals surface area contributed by atoms with Crippen LogP contribution in [0.3, 0.4) is 0 Å². The summed E-state index contributed by atoms with van der Waals surface area (Å²) in [5.74, 6) is -6.00. The summed E-state index contributed by atoms with van der Waals surface area (Å²) in [6.07, 6.45) is -4.88. The van der Waals surface area contributed by atoms with Crippen molar-refractivity contribution in [3.8, 4) is 17.2 Å². The van der Waals surface area contributed by atoms with Gasteiger partial charge in [-0.05, 0) is 47.9 Å². The maximum atomic E-state index is 14.5. The van der Waals surface area contributed by atoms with Gasteiger partial charge in [-0.3, -0.25) is 14.4 Å². The molecular weight excluding hydrogens is 660 g/mol. The van der Waals surface area contributed by atoms with Crippen LogP contribution in [0, 0.1) is 0 Å². The maximum absolute atomic E-state index is 14.5. The Morgan fingerprint density at radius 1 is 0.902 bits per heavy atom. The third-order valence-corrected chi connectivity index (χ3v) is 8.89. The summed E-state index contributed by atoms with van der Waals surface area (Å²) in [5, 5.41) is 53.8. The fourth-order valence-corrected chi connectivity index (χ4v) is 6.24. The first-order valence-corrected chi connectivity index (χ1v) is 16.0. The number of benzene rings is 4. The number of hydrogen-bond donors (Lipinski definition) is 7. The number of ketones is 2. The number of phenolic OH excluding ortho intramolecular Hbond substituents is 1. The standard InChI is InChI=1S/C38H36N2O11/c1-18-34(45)38(47,48)35(46)37(49-18)51-28-17-26-30(32(43)25(28)16-21-9-6-10-22(15-21)36(39)40)31(42)24-13-14-27(50-19(2)41)23(29(24)33(26)44)12-11-20-7-4-3-5-8-20/h3-15,17-18,34-37,43,45-48H,16,39-40H2,1-2H3/b12-11+/t18-,34+,35-,37+/m0/s1. The molecule has 13 heteroatoms. The van der Waals surface area contributed by atoms with Crippen LogP contribution in [0.4, 0.5) is 0 Å². The van der Waals surface area contributed by atoms with Crippen molar-refractivity contribution in [1.29, 1.82) is 0 Å². The second kappa shape index (κ2) is 13.8. The van der Waals surface area contributed by atoms with Gasteiger partial charge in [-0.25, -0.2) is 0 Å². The van der Waals surface area contributed by atoms with Crippen LogP contribution < -0.4 is 20.9 Å². The highest BCUT2D eigenvalue weighted by molar-refractivity contribution is 6.31. The molecule has 51 heavy (non-hydrogen) atoms. The molecule has 2 aliphatic rings. The number of aliphatic hydroxyl groups is 4. The van der Waals surface area contributed by atoms with E-state index in [1.165, 1.54) is 32.0 Å². The van der Waals surface area contributed by atoms with Gasteiger partial charge in [-0.2, -0.15) is 0 Å². The van der Waals surface area contributed by atoms with Gasteiger partial charge in [0.15, 0.2) is 17.7 Å². The third kappa shape index (κ3) is 6.67. The van der Waals surface area contributed by atoms with Gasteiger partial charge in [0.05, 0.1) is 17.8 Å². The number of hydrogen-bond acceptors (Lipinski definition) is 13. The minimum atomic E-state index is -3.05. The topological polar surface area (TPSA) is 232 Å². The predicted octanol–water partition coefficient (Wildman–Crippen LogP) is 2.30. The van der Waals surface area contributed by atoms with Gasteiger partial charge in [0.1, 0.15) is 23.4 Å². The van der Waals surface area contributed by atoms with Gasteiger partial charge in [-0.15, -0.1) is 0 Å². The van der Waals surface area contributed by atoms with Gasteiger partial charge in [0, 0.05) is 41.2 Å². The Morgan fingerprint density at radius 3 is 2.29 bits per heavy atom.